The van der Waals surface area contributed by atoms with Crippen LogP contribution in [0.25, 0.3) is 0 Å². The Morgan fingerprint density at radius 2 is 1.91 bits per heavy atom. The van der Waals surface area contributed by atoms with E-state index in [1.165, 1.54) is 18.2 Å². The summed E-state index contributed by atoms with van der Waals surface area (Å²) in [6.45, 7) is 3.42. The molecule has 166 valence electrons. The van der Waals surface area contributed by atoms with Gasteiger partial charge in [-0.1, -0.05) is 29.3 Å². The van der Waals surface area contributed by atoms with Crippen LogP contribution >= 0.6 is 23.2 Å². The number of ether oxygens (including phenoxy) is 1. The van der Waals surface area contributed by atoms with Crippen molar-refractivity contribution in [3.05, 3.63) is 81.8 Å². The van der Waals surface area contributed by atoms with Crippen LogP contribution in [0.3, 0.4) is 0 Å². The van der Waals surface area contributed by atoms with Crippen molar-refractivity contribution in [3.8, 4) is 5.75 Å². The average Bonchev–Trinajstić information content (AvgIpc) is 2.79. The van der Waals surface area contributed by atoms with Crippen molar-refractivity contribution >= 4 is 40.5 Å². The second-order valence-corrected chi connectivity index (χ2v) is 8.09. The Labute approximate surface area is 195 Å². The Morgan fingerprint density at radius 3 is 2.59 bits per heavy atom. The first-order chi connectivity index (χ1) is 15.5. The highest BCUT2D eigenvalue weighted by Gasteiger charge is 2.19. The van der Waals surface area contributed by atoms with Gasteiger partial charge in [-0.25, -0.2) is 4.39 Å². The van der Waals surface area contributed by atoms with E-state index >= 15 is 0 Å². The number of aromatic nitrogens is 1. The van der Waals surface area contributed by atoms with Crippen molar-refractivity contribution in [2.45, 2.75) is 6.61 Å². The first kappa shape index (κ1) is 22.3. The summed E-state index contributed by atoms with van der Waals surface area (Å²) < 4.78 is 19.7. The van der Waals surface area contributed by atoms with Crippen LogP contribution in [0.1, 0.15) is 15.9 Å². The minimum atomic E-state index is -0.558. The van der Waals surface area contributed by atoms with E-state index in [0.717, 1.165) is 37.4 Å². The molecule has 32 heavy (non-hydrogen) atoms. The van der Waals surface area contributed by atoms with Crippen molar-refractivity contribution in [1.82, 2.24) is 10.3 Å². The Morgan fingerprint density at radius 1 is 1.16 bits per heavy atom. The number of carbonyl (C=O) groups is 1. The monoisotopic (exact) mass is 474 g/mol. The number of hydrogen-bond acceptors (Lipinski definition) is 5. The van der Waals surface area contributed by atoms with Gasteiger partial charge in [0, 0.05) is 55.4 Å². The number of piperazine rings is 1. The minimum absolute atomic E-state index is 0.0216. The SMILES string of the molecule is O=C(Nc1cc(Cl)c(N2CCNCC2)c(Cl)c1)c1ccc(F)c(OCc2cccnc2)c1. The number of anilines is 2. The standard InChI is InChI=1S/C23H21Cl2FN4O2/c24-18-11-17(12-19(25)22(18)30-8-6-27-7-9-30)29-23(31)16-3-4-20(26)21(10-16)32-14-15-2-1-5-28-13-15/h1-5,10-13,27H,6-9,14H2,(H,29,31). The summed E-state index contributed by atoms with van der Waals surface area (Å²) >= 11 is 12.9. The van der Waals surface area contributed by atoms with E-state index in [4.69, 9.17) is 27.9 Å². The number of hydrogen-bond donors (Lipinski definition) is 2. The van der Waals surface area contributed by atoms with Gasteiger partial charge in [0.2, 0.25) is 0 Å². The third kappa shape index (κ3) is 5.30. The van der Waals surface area contributed by atoms with E-state index < -0.39 is 11.7 Å². The van der Waals surface area contributed by atoms with Gasteiger partial charge in [0.1, 0.15) is 6.61 Å². The molecule has 0 saturated carbocycles. The molecule has 1 saturated heterocycles. The first-order valence-corrected chi connectivity index (χ1v) is 10.8. The third-order valence-electron chi connectivity index (χ3n) is 5.02. The summed E-state index contributed by atoms with van der Waals surface area (Å²) in [6, 6.07) is 10.8. The molecule has 6 nitrogen and oxygen atoms in total. The maximum absolute atomic E-state index is 14.2. The molecular weight excluding hydrogens is 454 g/mol. The van der Waals surface area contributed by atoms with Crippen molar-refractivity contribution < 1.29 is 13.9 Å². The van der Waals surface area contributed by atoms with Crippen molar-refractivity contribution in [1.29, 1.82) is 0 Å². The molecule has 0 unspecified atom stereocenters. The lowest BCUT2D eigenvalue weighted by Crippen LogP contribution is -2.43. The lowest BCUT2D eigenvalue weighted by molar-refractivity contribution is 0.102. The number of pyridine rings is 1. The summed E-state index contributed by atoms with van der Waals surface area (Å²) in [5.74, 6) is -1.01. The normalized spacial score (nSPS) is 13.7. The van der Waals surface area contributed by atoms with E-state index in [1.54, 1.807) is 30.6 Å². The van der Waals surface area contributed by atoms with Gasteiger partial charge >= 0.3 is 0 Å². The second-order valence-electron chi connectivity index (χ2n) is 7.27. The molecular formula is C23H21Cl2FN4O2. The summed E-state index contributed by atoms with van der Waals surface area (Å²) in [7, 11) is 0. The van der Waals surface area contributed by atoms with Crippen LogP contribution in [0.4, 0.5) is 15.8 Å². The van der Waals surface area contributed by atoms with Crippen LogP contribution in [0.15, 0.2) is 54.9 Å². The highest BCUT2D eigenvalue weighted by atomic mass is 35.5. The van der Waals surface area contributed by atoms with Gasteiger partial charge in [0.15, 0.2) is 11.6 Å². The summed E-state index contributed by atoms with van der Waals surface area (Å²) in [5, 5.41) is 6.95. The molecule has 1 fully saturated rings. The van der Waals surface area contributed by atoms with Gasteiger partial charge < -0.3 is 20.3 Å². The Balaban J connectivity index is 1.47. The number of nitrogens with zero attached hydrogens (tertiary/aromatic N) is 2. The van der Waals surface area contributed by atoms with Gasteiger partial charge in [-0.3, -0.25) is 9.78 Å². The van der Waals surface area contributed by atoms with Gasteiger partial charge in [-0.05, 0) is 36.4 Å². The van der Waals surface area contributed by atoms with E-state index in [2.05, 4.69) is 20.5 Å². The Bertz CT molecular complexity index is 1090. The van der Waals surface area contributed by atoms with Gasteiger partial charge in [-0.15, -0.1) is 0 Å². The van der Waals surface area contributed by atoms with Gasteiger partial charge in [-0.2, -0.15) is 0 Å². The lowest BCUT2D eigenvalue weighted by Gasteiger charge is -2.31. The zero-order valence-corrected chi connectivity index (χ0v) is 18.6. The van der Waals surface area contributed by atoms with E-state index in [-0.39, 0.29) is 17.9 Å². The van der Waals surface area contributed by atoms with Crippen molar-refractivity contribution in [2.75, 3.05) is 36.4 Å². The van der Waals surface area contributed by atoms with Crippen LogP contribution < -0.4 is 20.3 Å². The molecule has 9 heteroatoms. The minimum Gasteiger partial charge on any atom is -0.486 e. The predicted molar refractivity (Wildman–Crippen MR) is 124 cm³/mol. The smallest absolute Gasteiger partial charge is 0.255 e. The van der Waals surface area contributed by atoms with Crippen LogP contribution in [0, 0.1) is 5.82 Å². The highest BCUT2D eigenvalue weighted by Crippen LogP contribution is 2.37. The van der Waals surface area contributed by atoms with E-state index in [9.17, 15) is 9.18 Å². The zero-order valence-electron chi connectivity index (χ0n) is 17.1. The zero-order chi connectivity index (χ0) is 22.5. The molecule has 1 aliphatic heterocycles. The fourth-order valence-electron chi connectivity index (χ4n) is 3.43. The molecule has 0 aliphatic carbocycles. The number of rotatable bonds is 6. The molecule has 1 aromatic heterocycles. The number of carbonyl (C=O) groups excluding carboxylic acids is 1. The van der Waals surface area contributed by atoms with Crippen LogP contribution in [-0.4, -0.2) is 37.1 Å². The van der Waals surface area contributed by atoms with Crippen LogP contribution in [-0.2, 0) is 6.61 Å². The maximum atomic E-state index is 14.2. The molecule has 1 amide bonds. The first-order valence-electron chi connectivity index (χ1n) is 10.1. The molecule has 1 aliphatic rings. The lowest BCUT2D eigenvalue weighted by atomic mass is 10.1. The molecule has 0 bridgehead atoms. The predicted octanol–water partition coefficient (Wildman–Crippen LogP) is 4.77. The van der Waals surface area contributed by atoms with E-state index in [0.29, 0.717) is 15.7 Å². The van der Waals surface area contributed by atoms with E-state index in [1.807, 2.05) is 6.07 Å². The number of nitrogens with one attached hydrogen (secondary N) is 2. The molecule has 0 atom stereocenters. The summed E-state index contributed by atoms with van der Waals surface area (Å²) in [4.78, 5) is 18.9. The van der Waals surface area contributed by atoms with Gasteiger partial charge in [0.05, 0.1) is 15.7 Å². The molecule has 2 aromatic carbocycles. The topological polar surface area (TPSA) is 66.5 Å². The largest absolute Gasteiger partial charge is 0.486 e. The Hall–Kier alpha value is -2.87. The molecule has 3 aromatic rings. The average molecular weight is 475 g/mol. The summed E-state index contributed by atoms with van der Waals surface area (Å²) in [6.07, 6.45) is 3.27. The quantitative estimate of drug-likeness (QED) is 0.538. The number of benzene rings is 2. The van der Waals surface area contributed by atoms with Gasteiger partial charge in [0.25, 0.3) is 5.91 Å². The Kier molecular flexibility index (Phi) is 7.09. The fourth-order valence-corrected chi connectivity index (χ4v) is 4.16. The second kappa shape index (κ2) is 10.2. The molecule has 0 radical (unpaired) electrons. The van der Waals surface area contributed by atoms with Crippen molar-refractivity contribution in [2.24, 2.45) is 0 Å². The molecule has 4 rings (SSSR count). The maximum Gasteiger partial charge on any atom is 0.255 e. The molecule has 2 heterocycles. The number of amides is 1. The summed E-state index contributed by atoms with van der Waals surface area (Å²) in [5.41, 5.74) is 2.23. The van der Waals surface area contributed by atoms with Crippen LogP contribution in [0.2, 0.25) is 10.0 Å². The number of halogens is 3. The molecule has 2 N–H and O–H groups in total. The highest BCUT2D eigenvalue weighted by molar-refractivity contribution is 6.39. The molecule has 0 spiro atoms. The van der Waals surface area contributed by atoms with Crippen LogP contribution in [0.5, 0.6) is 5.75 Å². The fraction of sp³-hybridized carbons (Fsp3) is 0.217. The third-order valence-corrected chi connectivity index (χ3v) is 5.59. The van der Waals surface area contributed by atoms with Crippen molar-refractivity contribution in [3.63, 3.8) is 0 Å².